The van der Waals surface area contributed by atoms with E-state index in [2.05, 4.69) is 9.68 Å². The largest absolute Gasteiger partial charge is 0.317 e. The highest BCUT2D eigenvalue weighted by molar-refractivity contribution is 7.90. The van der Waals surface area contributed by atoms with Gasteiger partial charge in [0, 0.05) is 12.3 Å². The molecule has 1 unspecified atom stereocenters. The predicted octanol–water partition coefficient (Wildman–Crippen LogP) is -0.292. The maximum atomic E-state index is 11.0. The summed E-state index contributed by atoms with van der Waals surface area (Å²) in [6.07, 6.45) is 3.41. The van der Waals surface area contributed by atoms with Crippen molar-refractivity contribution in [2.45, 2.75) is 24.9 Å². The maximum absolute atomic E-state index is 11.0. The Bertz CT molecular complexity index is 230. The van der Waals surface area contributed by atoms with E-state index in [0.717, 1.165) is 12.8 Å². The van der Waals surface area contributed by atoms with Crippen LogP contribution in [0.1, 0.15) is 12.8 Å². The lowest BCUT2D eigenvalue weighted by molar-refractivity contribution is 0.312. The van der Waals surface area contributed by atoms with Gasteiger partial charge in [-0.05, 0) is 19.9 Å². The number of nitrogens with zero attached hydrogens (tertiary/aromatic N) is 1. The first-order valence-electron chi connectivity index (χ1n) is 3.67. The lowest BCUT2D eigenvalue weighted by Gasteiger charge is -2.31. The lowest BCUT2D eigenvalue weighted by Crippen LogP contribution is -2.42. The van der Waals surface area contributed by atoms with Crippen LogP contribution in [0.3, 0.4) is 0 Å². The first-order chi connectivity index (χ1) is 5.01. The van der Waals surface area contributed by atoms with Gasteiger partial charge in [-0.2, -0.15) is 0 Å². The van der Waals surface area contributed by atoms with Crippen LogP contribution >= 0.6 is 0 Å². The fourth-order valence-corrected chi connectivity index (χ4v) is 1.97. The molecule has 0 bridgehead atoms. The van der Waals surface area contributed by atoms with E-state index in [1.807, 2.05) is 7.05 Å². The van der Waals surface area contributed by atoms with Crippen molar-refractivity contribution in [1.82, 2.24) is 5.32 Å². The third kappa shape index (κ3) is 2.76. The Kier molecular flexibility index (Phi) is 2.51. The minimum Gasteiger partial charge on any atom is -0.317 e. The molecule has 1 rings (SSSR count). The van der Waals surface area contributed by atoms with Crippen LogP contribution in [-0.4, -0.2) is 29.6 Å². The molecule has 1 aliphatic rings. The van der Waals surface area contributed by atoms with E-state index in [9.17, 15) is 4.21 Å². The molecular formula is C6H15N3OS. The van der Waals surface area contributed by atoms with E-state index < -0.39 is 9.92 Å². The van der Waals surface area contributed by atoms with Gasteiger partial charge in [0.05, 0.1) is 6.04 Å². The summed E-state index contributed by atoms with van der Waals surface area (Å²) in [5.41, 5.74) is 0. The van der Waals surface area contributed by atoms with Crippen LogP contribution in [-0.2, 0) is 9.92 Å². The molecule has 0 spiro atoms. The molecule has 0 aromatic rings. The Balaban J connectivity index is 2.41. The standard InChI is InChI=1S/C6H15N3OS/c1-8-5-3-6(4-5)9-11(2,7)10/h5-6,8H,3-4H2,1-2H3,(H2,7,9,10). The molecule has 11 heavy (non-hydrogen) atoms. The summed E-state index contributed by atoms with van der Waals surface area (Å²) in [6.45, 7) is 0. The highest BCUT2D eigenvalue weighted by Gasteiger charge is 2.27. The third-order valence-electron chi connectivity index (χ3n) is 1.88. The van der Waals surface area contributed by atoms with E-state index >= 15 is 0 Å². The summed E-state index contributed by atoms with van der Waals surface area (Å²) in [5.74, 6) is 0. The summed E-state index contributed by atoms with van der Waals surface area (Å²) in [6, 6.07) is 0.764. The van der Waals surface area contributed by atoms with Crippen molar-refractivity contribution in [2.75, 3.05) is 13.3 Å². The summed E-state index contributed by atoms with van der Waals surface area (Å²) < 4.78 is 15.0. The Hall–Kier alpha value is -0.130. The fourth-order valence-electron chi connectivity index (χ4n) is 1.21. The highest BCUT2D eigenvalue weighted by Crippen LogP contribution is 2.23. The van der Waals surface area contributed by atoms with Gasteiger partial charge in [0.2, 0.25) is 0 Å². The summed E-state index contributed by atoms with van der Waals surface area (Å²) in [5, 5.41) is 8.40. The second-order valence-electron chi connectivity index (χ2n) is 3.08. The molecule has 1 atom stereocenters. The molecular weight excluding hydrogens is 162 g/mol. The van der Waals surface area contributed by atoms with Crippen molar-refractivity contribution >= 4 is 9.92 Å². The molecule has 1 fully saturated rings. The van der Waals surface area contributed by atoms with Crippen molar-refractivity contribution < 1.29 is 4.21 Å². The minimum atomic E-state index is -2.37. The van der Waals surface area contributed by atoms with Gasteiger partial charge in [-0.15, -0.1) is 0 Å². The predicted molar refractivity (Wildman–Crippen MR) is 46.6 cm³/mol. The number of hydrogen-bond acceptors (Lipinski definition) is 3. The molecule has 5 heteroatoms. The average Bonchev–Trinajstić information content (AvgIpc) is 1.75. The van der Waals surface area contributed by atoms with Crippen molar-refractivity contribution in [2.24, 2.45) is 9.50 Å². The number of nitrogens with two attached hydrogens (primary N) is 1. The molecule has 0 radical (unpaired) electrons. The van der Waals surface area contributed by atoms with E-state index in [-0.39, 0.29) is 6.04 Å². The molecule has 0 aliphatic heterocycles. The van der Waals surface area contributed by atoms with Gasteiger partial charge in [0.25, 0.3) is 0 Å². The van der Waals surface area contributed by atoms with Crippen molar-refractivity contribution in [3.63, 3.8) is 0 Å². The lowest BCUT2D eigenvalue weighted by atomic mass is 9.88. The third-order valence-corrected chi connectivity index (χ3v) is 2.60. The molecule has 0 aromatic heterocycles. The monoisotopic (exact) mass is 177 g/mol. The summed E-state index contributed by atoms with van der Waals surface area (Å²) in [7, 11) is -0.445. The van der Waals surface area contributed by atoms with Crippen LogP contribution < -0.4 is 10.5 Å². The van der Waals surface area contributed by atoms with Crippen LogP contribution in [0, 0.1) is 0 Å². The zero-order valence-electron chi connectivity index (χ0n) is 6.91. The van der Waals surface area contributed by atoms with Crippen LogP contribution in [0.25, 0.3) is 0 Å². The van der Waals surface area contributed by atoms with E-state index in [0.29, 0.717) is 6.04 Å². The quantitative estimate of drug-likeness (QED) is 0.608. The Morgan fingerprint density at radius 1 is 1.64 bits per heavy atom. The molecule has 0 saturated heterocycles. The Labute approximate surface area is 67.9 Å². The number of nitrogens with one attached hydrogen (secondary N) is 1. The summed E-state index contributed by atoms with van der Waals surface area (Å²) >= 11 is 0. The van der Waals surface area contributed by atoms with E-state index in [1.165, 1.54) is 6.26 Å². The SMILES string of the molecule is CNC1CC(N=S(C)(N)=O)C1. The van der Waals surface area contributed by atoms with Crippen LogP contribution in [0.5, 0.6) is 0 Å². The highest BCUT2D eigenvalue weighted by atomic mass is 32.2. The van der Waals surface area contributed by atoms with Gasteiger partial charge < -0.3 is 5.32 Å². The van der Waals surface area contributed by atoms with E-state index in [4.69, 9.17) is 5.14 Å². The smallest absolute Gasteiger partial charge is 0.102 e. The first-order valence-corrected chi connectivity index (χ1v) is 5.66. The van der Waals surface area contributed by atoms with Crippen LogP contribution in [0.2, 0.25) is 0 Å². The molecule has 4 nitrogen and oxygen atoms in total. The molecule has 0 aromatic carbocycles. The molecule has 1 aliphatic carbocycles. The van der Waals surface area contributed by atoms with E-state index in [1.54, 1.807) is 0 Å². The Morgan fingerprint density at radius 3 is 2.55 bits per heavy atom. The van der Waals surface area contributed by atoms with Gasteiger partial charge >= 0.3 is 0 Å². The molecule has 1 saturated carbocycles. The van der Waals surface area contributed by atoms with Crippen LogP contribution in [0.4, 0.5) is 0 Å². The van der Waals surface area contributed by atoms with Crippen molar-refractivity contribution in [1.29, 1.82) is 0 Å². The normalized spacial score (nSPS) is 35.5. The molecule has 0 heterocycles. The van der Waals surface area contributed by atoms with Gasteiger partial charge in [0.1, 0.15) is 9.92 Å². The second kappa shape index (κ2) is 3.08. The topological polar surface area (TPSA) is 67.5 Å². The van der Waals surface area contributed by atoms with Gasteiger partial charge in [-0.1, -0.05) is 0 Å². The fraction of sp³-hybridized carbons (Fsp3) is 1.00. The second-order valence-corrected chi connectivity index (χ2v) is 5.01. The number of rotatable bonds is 2. The van der Waals surface area contributed by atoms with Gasteiger partial charge in [-0.25, -0.2) is 13.7 Å². The zero-order valence-corrected chi connectivity index (χ0v) is 7.73. The molecule has 66 valence electrons. The van der Waals surface area contributed by atoms with Gasteiger partial charge in [-0.3, -0.25) is 0 Å². The molecule has 3 N–H and O–H groups in total. The van der Waals surface area contributed by atoms with Crippen molar-refractivity contribution in [3.8, 4) is 0 Å². The minimum absolute atomic E-state index is 0.218. The van der Waals surface area contributed by atoms with Crippen molar-refractivity contribution in [3.05, 3.63) is 0 Å². The number of hydrogen-bond donors (Lipinski definition) is 2. The average molecular weight is 177 g/mol. The zero-order chi connectivity index (χ0) is 8.48. The maximum Gasteiger partial charge on any atom is 0.102 e. The Morgan fingerprint density at radius 2 is 2.18 bits per heavy atom. The van der Waals surface area contributed by atoms with Gasteiger partial charge in [0.15, 0.2) is 0 Å². The summed E-state index contributed by atoms with van der Waals surface area (Å²) in [4.78, 5) is 0. The first kappa shape index (κ1) is 8.96. The molecule has 0 amide bonds. The van der Waals surface area contributed by atoms with Crippen LogP contribution in [0.15, 0.2) is 4.36 Å².